The quantitative estimate of drug-likeness (QED) is 0.0238. The minimum atomic E-state index is -0.887. The number of hydrogen-bond donors (Lipinski definition) is 1. The molecule has 0 rings (SSSR count). The van der Waals surface area contributed by atoms with E-state index in [4.69, 9.17) is 14.2 Å². The molecule has 0 saturated carbocycles. The number of hydrogen-bond acceptors (Lipinski definition) is 6. The maximum absolute atomic E-state index is 12.6. The molecule has 0 amide bonds. The summed E-state index contributed by atoms with van der Waals surface area (Å²) in [6.07, 6.45) is 40.9. The molecule has 0 aliphatic carbocycles. The Morgan fingerprint density at radius 3 is 1.76 bits per heavy atom. The van der Waals surface area contributed by atoms with E-state index >= 15 is 0 Å². The number of esters is 2. The highest BCUT2D eigenvalue weighted by molar-refractivity contribution is 5.72. The number of likely N-dealkylation sites (N-methyl/N-ethyl adjacent to an activating group) is 1. The van der Waals surface area contributed by atoms with E-state index in [9.17, 15) is 19.5 Å². The average molecular weight is 715 g/mol. The smallest absolute Gasteiger partial charge is 0.362 e. The van der Waals surface area contributed by atoms with Gasteiger partial charge >= 0.3 is 17.9 Å². The lowest BCUT2D eigenvalue weighted by Gasteiger charge is -2.31. The Hall–Kier alpha value is -3.23. The fraction of sp³-hybridized carbons (Fsp3) is 0.651. The monoisotopic (exact) mass is 715 g/mol. The van der Waals surface area contributed by atoms with E-state index < -0.39 is 18.1 Å². The van der Waals surface area contributed by atoms with Crippen LogP contribution in [0.15, 0.2) is 72.9 Å². The molecule has 0 fully saturated rings. The van der Waals surface area contributed by atoms with Crippen LogP contribution in [0.5, 0.6) is 0 Å². The van der Waals surface area contributed by atoms with Crippen molar-refractivity contribution in [1.29, 1.82) is 0 Å². The van der Waals surface area contributed by atoms with Gasteiger partial charge in [0, 0.05) is 19.3 Å². The van der Waals surface area contributed by atoms with E-state index in [0.29, 0.717) is 19.3 Å². The molecule has 0 spiro atoms. The van der Waals surface area contributed by atoms with E-state index in [1.807, 2.05) is 57.6 Å². The first-order valence-electron chi connectivity index (χ1n) is 19.5. The highest BCUT2D eigenvalue weighted by Gasteiger charge is 2.31. The van der Waals surface area contributed by atoms with Crippen LogP contribution in [0.1, 0.15) is 129 Å². The maximum atomic E-state index is 12.6. The number of aliphatic carboxylic acids is 1. The van der Waals surface area contributed by atoms with Crippen molar-refractivity contribution < 1.29 is 38.2 Å². The molecular formula is C43H72NO7+. The third-order valence-electron chi connectivity index (χ3n) is 8.20. The average Bonchev–Trinajstić information content (AvgIpc) is 3.08. The lowest BCUT2D eigenvalue weighted by molar-refractivity contribution is -0.887. The van der Waals surface area contributed by atoms with Crippen LogP contribution in [0.25, 0.3) is 0 Å². The van der Waals surface area contributed by atoms with Gasteiger partial charge in [-0.25, -0.2) is 4.79 Å². The molecule has 51 heavy (non-hydrogen) atoms. The topological polar surface area (TPSA) is 99.1 Å². The molecular weight excluding hydrogens is 642 g/mol. The Morgan fingerprint density at radius 1 is 0.608 bits per heavy atom. The van der Waals surface area contributed by atoms with Crippen LogP contribution in [0.2, 0.25) is 0 Å². The summed E-state index contributed by atoms with van der Waals surface area (Å²) in [5.41, 5.74) is 0. The highest BCUT2D eigenvalue weighted by atomic mass is 16.6. The molecule has 0 bridgehead atoms. The van der Waals surface area contributed by atoms with Crippen molar-refractivity contribution in [2.45, 2.75) is 142 Å². The molecule has 0 aromatic rings. The molecule has 2 atom stereocenters. The van der Waals surface area contributed by atoms with E-state index in [2.05, 4.69) is 50.3 Å². The minimum Gasteiger partial charge on any atom is -0.477 e. The molecule has 0 aliphatic heterocycles. The molecule has 0 aliphatic rings. The zero-order valence-corrected chi connectivity index (χ0v) is 32.8. The van der Waals surface area contributed by atoms with E-state index in [0.717, 1.165) is 64.2 Å². The summed E-state index contributed by atoms with van der Waals surface area (Å²) in [6, 6.07) is -0.625. The van der Waals surface area contributed by atoms with Crippen LogP contribution in [-0.4, -0.2) is 80.6 Å². The third-order valence-corrected chi connectivity index (χ3v) is 8.20. The van der Waals surface area contributed by atoms with Crippen molar-refractivity contribution in [3.63, 3.8) is 0 Å². The van der Waals surface area contributed by atoms with Crippen LogP contribution in [-0.2, 0) is 28.6 Å². The number of ether oxygens (including phenoxy) is 3. The van der Waals surface area contributed by atoms with Gasteiger partial charge in [0.05, 0.1) is 34.4 Å². The van der Waals surface area contributed by atoms with Crippen molar-refractivity contribution in [2.24, 2.45) is 0 Å². The largest absolute Gasteiger partial charge is 0.477 e. The van der Waals surface area contributed by atoms with Gasteiger partial charge in [-0.15, -0.1) is 0 Å². The summed E-state index contributed by atoms with van der Waals surface area (Å²) in [7, 11) is 5.49. The van der Waals surface area contributed by atoms with Crippen LogP contribution in [0, 0.1) is 0 Å². The summed E-state index contributed by atoms with van der Waals surface area (Å²) in [5, 5.41) is 9.59. The molecule has 0 aromatic heterocycles. The predicted octanol–water partition coefficient (Wildman–Crippen LogP) is 10.0. The highest BCUT2D eigenvalue weighted by Crippen LogP contribution is 2.13. The molecule has 8 heteroatoms. The second kappa shape index (κ2) is 33.9. The molecule has 1 N–H and O–H groups in total. The number of allylic oxidation sites excluding steroid dienone is 12. The van der Waals surface area contributed by atoms with E-state index in [1.54, 1.807) is 0 Å². The van der Waals surface area contributed by atoms with E-state index in [-0.39, 0.29) is 42.7 Å². The van der Waals surface area contributed by atoms with E-state index in [1.165, 1.54) is 25.7 Å². The Morgan fingerprint density at radius 2 is 1.14 bits per heavy atom. The number of carbonyl (C=O) groups is 3. The lowest BCUT2D eigenvalue weighted by Crippen LogP contribution is -2.50. The molecule has 0 aromatic carbocycles. The Bertz CT molecular complexity index is 1060. The van der Waals surface area contributed by atoms with Gasteiger partial charge < -0.3 is 23.8 Å². The number of unbranched alkanes of at least 4 members (excludes halogenated alkanes) is 10. The Balaban J connectivity index is 4.50. The first-order chi connectivity index (χ1) is 24.6. The first-order valence-corrected chi connectivity index (χ1v) is 19.5. The summed E-state index contributed by atoms with van der Waals surface area (Å²) in [4.78, 5) is 36.8. The fourth-order valence-corrected chi connectivity index (χ4v) is 5.20. The summed E-state index contributed by atoms with van der Waals surface area (Å²) >= 11 is 0. The van der Waals surface area contributed by atoms with Gasteiger partial charge in [0.1, 0.15) is 6.61 Å². The van der Waals surface area contributed by atoms with Crippen molar-refractivity contribution >= 4 is 17.9 Å². The van der Waals surface area contributed by atoms with Crippen LogP contribution >= 0.6 is 0 Å². The first kappa shape index (κ1) is 47.8. The summed E-state index contributed by atoms with van der Waals surface area (Å²) < 4.78 is 17.2. The van der Waals surface area contributed by atoms with Crippen molar-refractivity contribution in [2.75, 3.05) is 41.0 Å². The SMILES string of the molecule is CC/C=C/C=C/C=C/C=C/CCCCCC(=O)OC(COCCC(C(=O)O)[N+](C)(C)C)COC(=O)CCCCCCCCC/C=C/C/C=C/CC. The normalized spacial score (nSPS) is 13.8. The van der Waals surface area contributed by atoms with Crippen LogP contribution in [0.4, 0.5) is 0 Å². The maximum Gasteiger partial charge on any atom is 0.362 e. The van der Waals surface area contributed by atoms with Crippen LogP contribution in [0.3, 0.4) is 0 Å². The number of quaternary nitrogens is 1. The molecule has 0 heterocycles. The number of carboxylic acids is 1. The standard InChI is InChI=1S/C43H71NO7/c1-6-8-10-12-14-16-18-20-22-23-25-27-29-31-33-41(45)50-38-39(37-49-36-35-40(43(47)48)44(3,4)5)51-42(46)34-32-30-28-26-24-21-19-17-15-13-11-9-7-2/h8-11,13-17,19,21,24,39-40H,6-7,12,18,20,22-23,25-38H2,1-5H3/p+1/b10-8+,11-9+,15-13+,16-14+,19-17+,24-21+. The number of nitrogens with zero attached hydrogens (tertiary/aromatic N) is 1. The molecule has 290 valence electrons. The Kier molecular flexibility index (Phi) is 31.7. The number of rotatable bonds is 33. The second-order valence-corrected chi connectivity index (χ2v) is 13.9. The molecule has 8 nitrogen and oxygen atoms in total. The van der Waals surface area contributed by atoms with Gasteiger partial charge in [-0.3, -0.25) is 9.59 Å². The van der Waals surface area contributed by atoms with Gasteiger partial charge in [-0.2, -0.15) is 0 Å². The molecule has 0 radical (unpaired) electrons. The summed E-state index contributed by atoms with van der Waals surface area (Å²) in [5.74, 6) is -1.54. The van der Waals surface area contributed by atoms with Crippen molar-refractivity contribution in [3.8, 4) is 0 Å². The van der Waals surface area contributed by atoms with Gasteiger partial charge in [0.2, 0.25) is 0 Å². The Labute approximate surface area is 311 Å². The van der Waals surface area contributed by atoms with Gasteiger partial charge in [0.15, 0.2) is 12.1 Å². The predicted molar refractivity (Wildman–Crippen MR) is 210 cm³/mol. The minimum absolute atomic E-state index is 0.0383. The summed E-state index contributed by atoms with van der Waals surface area (Å²) in [6.45, 7) is 4.41. The van der Waals surface area contributed by atoms with Crippen molar-refractivity contribution in [3.05, 3.63) is 72.9 Å². The zero-order chi connectivity index (χ0) is 37.8. The zero-order valence-electron chi connectivity index (χ0n) is 32.8. The molecule has 2 unspecified atom stereocenters. The van der Waals surface area contributed by atoms with Gasteiger partial charge in [-0.05, 0) is 57.8 Å². The second-order valence-electron chi connectivity index (χ2n) is 13.9. The van der Waals surface area contributed by atoms with Gasteiger partial charge in [0.25, 0.3) is 0 Å². The fourth-order valence-electron chi connectivity index (χ4n) is 5.20. The number of carboxylic acid groups (broad SMARTS) is 1. The van der Waals surface area contributed by atoms with Gasteiger partial charge in [-0.1, -0.05) is 125 Å². The number of carbonyl (C=O) groups excluding carboxylic acids is 2. The van der Waals surface area contributed by atoms with Crippen LogP contribution < -0.4 is 0 Å². The molecule has 0 saturated heterocycles. The lowest BCUT2D eigenvalue weighted by atomic mass is 10.1. The third kappa shape index (κ3) is 32.4. The van der Waals surface area contributed by atoms with Crippen molar-refractivity contribution in [1.82, 2.24) is 0 Å².